The Morgan fingerprint density at radius 2 is 2.07 bits per heavy atom. The van der Waals surface area contributed by atoms with E-state index in [1.54, 1.807) is 0 Å². The number of Topliss-reactive ketones (excluding diaryl/α,β-unsaturated/α-hetero) is 1. The third-order valence-electron chi connectivity index (χ3n) is 1.50. The minimum absolute atomic E-state index is 0.0340. The second kappa shape index (κ2) is 4.00. The quantitative estimate of drug-likeness (QED) is 0.590. The van der Waals surface area contributed by atoms with Crippen LogP contribution >= 0.6 is 7.60 Å². The number of halogens is 1. The van der Waals surface area contributed by atoms with Gasteiger partial charge in [-0.1, -0.05) is 12.1 Å². The summed E-state index contributed by atoms with van der Waals surface area (Å²) in [5, 5.41) is 0. The van der Waals surface area contributed by atoms with Crippen LogP contribution in [0.5, 0.6) is 0 Å². The summed E-state index contributed by atoms with van der Waals surface area (Å²) in [6.07, 6.45) is -0.892. The summed E-state index contributed by atoms with van der Waals surface area (Å²) < 4.78 is 23.1. The van der Waals surface area contributed by atoms with Crippen molar-refractivity contribution < 1.29 is 23.5 Å². The lowest BCUT2D eigenvalue weighted by molar-refractivity contribution is 0.101. The van der Waals surface area contributed by atoms with E-state index in [0.29, 0.717) is 0 Å². The Kier molecular flexibility index (Phi) is 3.16. The first-order chi connectivity index (χ1) is 6.38. The third kappa shape index (κ3) is 3.38. The third-order valence-corrected chi connectivity index (χ3v) is 2.20. The highest BCUT2D eigenvalue weighted by Crippen LogP contribution is 2.34. The van der Waals surface area contributed by atoms with E-state index >= 15 is 0 Å². The minimum Gasteiger partial charge on any atom is -0.324 e. The molecule has 0 unspecified atom stereocenters. The van der Waals surface area contributed by atoms with E-state index in [9.17, 15) is 13.8 Å². The Bertz CT molecular complexity index is 398. The molecule has 76 valence electrons. The van der Waals surface area contributed by atoms with E-state index in [4.69, 9.17) is 9.79 Å². The second-order valence-electron chi connectivity index (χ2n) is 2.76. The van der Waals surface area contributed by atoms with Gasteiger partial charge in [0.25, 0.3) is 0 Å². The van der Waals surface area contributed by atoms with Crippen molar-refractivity contribution in [2.75, 3.05) is 6.16 Å². The number of benzene rings is 1. The molecule has 0 heterocycles. The van der Waals surface area contributed by atoms with Crippen molar-refractivity contribution in [1.82, 2.24) is 0 Å². The van der Waals surface area contributed by atoms with Gasteiger partial charge in [0.2, 0.25) is 0 Å². The van der Waals surface area contributed by atoms with Gasteiger partial charge in [-0.25, -0.2) is 4.39 Å². The van der Waals surface area contributed by atoms with Gasteiger partial charge in [-0.3, -0.25) is 9.36 Å². The Morgan fingerprint density at radius 1 is 1.43 bits per heavy atom. The van der Waals surface area contributed by atoms with Crippen molar-refractivity contribution in [3.8, 4) is 0 Å². The lowest BCUT2D eigenvalue weighted by Gasteiger charge is -2.02. The summed E-state index contributed by atoms with van der Waals surface area (Å²) in [4.78, 5) is 28.2. The molecular weight excluding hydrogens is 210 g/mol. The minimum atomic E-state index is -4.37. The highest BCUT2D eigenvalue weighted by Gasteiger charge is 2.20. The van der Waals surface area contributed by atoms with Gasteiger partial charge in [-0.05, 0) is 12.1 Å². The molecule has 0 fully saturated rings. The molecule has 0 amide bonds. The van der Waals surface area contributed by atoms with Crippen LogP contribution in [0.1, 0.15) is 10.4 Å². The van der Waals surface area contributed by atoms with E-state index in [0.717, 1.165) is 12.1 Å². The highest BCUT2D eigenvalue weighted by molar-refractivity contribution is 7.52. The molecule has 0 radical (unpaired) electrons. The Balaban J connectivity index is 2.86. The van der Waals surface area contributed by atoms with E-state index in [2.05, 4.69) is 0 Å². The topological polar surface area (TPSA) is 74.6 Å². The number of hydrogen-bond donors (Lipinski definition) is 2. The highest BCUT2D eigenvalue weighted by atomic mass is 31.2. The first kappa shape index (κ1) is 11.0. The molecule has 14 heavy (non-hydrogen) atoms. The maximum Gasteiger partial charge on any atom is 0.333 e. The first-order valence-corrected chi connectivity index (χ1v) is 5.51. The molecule has 0 bridgehead atoms. The van der Waals surface area contributed by atoms with E-state index < -0.39 is 25.4 Å². The predicted molar refractivity (Wildman–Crippen MR) is 47.6 cm³/mol. The molecule has 1 aromatic carbocycles. The fraction of sp³-hybridized carbons (Fsp3) is 0.125. The monoisotopic (exact) mass is 218 g/mol. The maximum atomic E-state index is 12.6. The summed E-state index contributed by atoms with van der Waals surface area (Å²) >= 11 is 0. The van der Waals surface area contributed by atoms with Gasteiger partial charge in [0.05, 0.1) is 0 Å². The SMILES string of the molecule is O=C(CP(=O)(O)O)c1cccc(F)c1. The van der Waals surface area contributed by atoms with E-state index in [-0.39, 0.29) is 5.56 Å². The van der Waals surface area contributed by atoms with Gasteiger partial charge < -0.3 is 9.79 Å². The van der Waals surface area contributed by atoms with Crippen molar-refractivity contribution in [3.05, 3.63) is 35.6 Å². The molecule has 1 rings (SSSR count). The summed E-state index contributed by atoms with van der Waals surface area (Å²) in [6.45, 7) is 0. The number of carbonyl (C=O) groups is 1. The fourth-order valence-corrected chi connectivity index (χ4v) is 1.50. The molecular formula is C8H8FO4P. The van der Waals surface area contributed by atoms with Gasteiger partial charge in [-0.15, -0.1) is 0 Å². The van der Waals surface area contributed by atoms with Crippen molar-refractivity contribution in [2.24, 2.45) is 0 Å². The summed E-state index contributed by atoms with van der Waals surface area (Å²) in [5.41, 5.74) is -0.0340. The molecule has 0 aliphatic heterocycles. The van der Waals surface area contributed by atoms with Crippen molar-refractivity contribution in [3.63, 3.8) is 0 Å². The zero-order valence-electron chi connectivity index (χ0n) is 7.05. The van der Waals surface area contributed by atoms with E-state index in [1.807, 2.05) is 0 Å². The van der Waals surface area contributed by atoms with Crippen molar-refractivity contribution in [1.29, 1.82) is 0 Å². The van der Waals surface area contributed by atoms with Crippen molar-refractivity contribution in [2.45, 2.75) is 0 Å². The smallest absolute Gasteiger partial charge is 0.324 e. The van der Waals surface area contributed by atoms with Crippen LogP contribution in [0.25, 0.3) is 0 Å². The Morgan fingerprint density at radius 3 is 2.57 bits per heavy atom. The lowest BCUT2D eigenvalue weighted by atomic mass is 10.1. The van der Waals surface area contributed by atoms with Gasteiger partial charge in [0.1, 0.15) is 12.0 Å². The number of ketones is 1. The van der Waals surface area contributed by atoms with Crippen LogP contribution in [0, 0.1) is 5.82 Å². The largest absolute Gasteiger partial charge is 0.333 e. The molecule has 0 saturated heterocycles. The fourth-order valence-electron chi connectivity index (χ4n) is 0.940. The van der Waals surface area contributed by atoms with Crippen LogP contribution < -0.4 is 0 Å². The van der Waals surface area contributed by atoms with Crippen LogP contribution in [0.2, 0.25) is 0 Å². The molecule has 1 aromatic rings. The molecule has 0 spiro atoms. The number of rotatable bonds is 3. The van der Waals surface area contributed by atoms with Crippen LogP contribution in [0.15, 0.2) is 24.3 Å². The molecule has 4 nitrogen and oxygen atoms in total. The van der Waals surface area contributed by atoms with Crippen LogP contribution in [0.3, 0.4) is 0 Å². The molecule has 0 atom stereocenters. The lowest BCUT2D eigenvalue weighted by Crippen LogP contribution is -2.05. The molecule has 0 aromatic heterocycles. The molecule has 0 saturated carbocycles. The number of hydrogen-bond acceptors (Lipinski definition) is 2. The van der Waals surface area contributed by atoms with Gasteiger partial charge in [-0.2, -0.15) is 0 Å². The van der Waals surface area contributed by atoms with Crippen LogP contribution in [-0.2, 0) is 4.57 Å². The second-order valence-corrected chi connectivity index (χ2v) is 4.40. The molecule has 2 N–H and O–H groups in total. The van der Waals surface area contributed by atoms with E-state index in [1.165, 1.54) is 12.1 Å². The zero-order valence-corrected chi connectivity index (χ0v) is 7.95. The normalized spacial score (nSPS) is 11.4. The first-order valence-electron chi connectivity index (χ1n) is 3.72. The Labute approximate surface area is 79.5 Å². The number of carbonyl (C=O) groups excluding carboxylic acids is 1. The average Bonchev–Trinajstić information content (AvgIpc) is 2.01. The summed E-state index contributed by atoms with van der Waals surface area (Å²) in [7, 11) is -4.37. The standard InChI is InChI=1S/C8H8FO4P/c9-7-3-1-2-6(4-7)8(10)5-14(11,12)13/h1-4H,5H2,(H2,11,12,13). The van der Waals surface area contributed by atoms with Gasteiger partial charge in [0.15, 0.2) is 5.78 Å². The molecule has 6 heteroatoms. The maximum absolute atomic E-state index is 12.6. The Hall–Kier alpha value is -1.03. The molecule has 0 aliphatic rings. The zero-order chi connectivity index (χ0) is 10.8. The van der Waals surface area contributed by atoms with Crippen molar-refractivity contribution >= 4 is 13.4 Å². The van der Waals surface area contributed by atoms with Crippen LogP contribution in [0.4, 0.5) is 4.39 Å². The van der Waals surface area contributed by atoms with Crippen LogP contribution in [-0.4, -0.2) is 21.7 Å². The van der Waals surface area contributed by atoms with Gasteiger partial charge in [0, 0.05) is 5.56 Å². The predicted octanol–water partition coefficient (Wildman–Crippen LogP) is 1.19. The summed E-state index contributed by atoms with van der Waals surface area (Å²) in [5.74, 6) is -1.38. The molecule has 0 aliphatic carbocycles. The summed E-state index contributed by atoms with van der Waals surface area (Å²) in [6, 6.07) is 4.70. The average molecular weight is 218 g/mol. The van der Waals surface area contributed by atoms with Gasteiger partial charge >= 0.3 is 7.60 Å².